The molecule has 2 aliphatic rings. The van der Waals surface area contributed by atoms with Gasteiger partial charge in [-0.05, 0) is 39.8 Å². The first kappa shape index (κ1) is 17.7. The molecule has 2 aliphatic heterocycles. The average molecular weight is 306 g/mol. The number of morpholine rings is 1. The van der Waals surface area contributed by atoms with E-state index in [9.17, 15) is 4.79 Å². The first-order valence-corrected chi connectivity index (χ1v) is 7.61. The number of carbonyl (C=O) groups is 1. The molecular weight excluding hydrogens is 278 g/mol. The lowest BCUT2D eigenvalue weighted by atomic mass is 10.0. The van der Waals surface area contributed by atoms with Gasteiger partial charge in [0.2, 0.25) is 0 Å². The minimum atomic E-state index is -0.261. The summed E-state index contributed by atoms with van der Waals surface area (Å²) in [6.45, 7) is 10.2. The largest absolute Gasteiger partial charge is 0.366 e. The minimum Gasteiger partial charge on any atom is -0.366 e. The lowest BCUT2D eigenvalue weighted by Crippen LogP contribution is -2.55. The fraction of sp³-hybridized carbons (Fsp3) is 0.929. The van der Waals surface area contributed by atoms with Crippen LogP contribution in [-0.4, -0.2) is 73.7 Å². The third-order valence-electron chi connectivity index (χ3n) is 4.27. The maximum Gasteiger partial charge on any atom is 0.253 e. The highest BCUT2D eigenvalue weighted by Gasteiger charge is 2.32. The fourth-order valence-electron chi connectivity index (χ4n) is 3.06. The van der Waals surface area contributed by atoms with Crippen molar-refractivity contribution in [3.05, 3.63) is 0 Å². The second-order valence-corrected chi connectivity index (χ2v) is 5.35. The number of carbonyl (C=O) groups excluding carboxylic acids is 1. The van der Waals surface area contributed by atoms with Crippen molar-refractivity contribution in [3.8, 4) is 0 Å². The van der Waals surface area contributed by atoms with Gasteiger partial charge in [0.05, 0.1) is 6.61 Å². The first-order valence-electron chi connectivity index (χ1n) is 7.61. The summed E-state index contributed by atoms with van der Waals surface area (Å²) in [6, 6.07) is 0.622. The number of nitrogens with one attached hydrogen (secondary N) is 1. The smallest absolute Gasteiger partial charge is 0.253 e. The molecule has 0 radical (unpaired) electrons. The van der Waals surface area contributed by atoms with Gasteiger partial charge in [0.15, 0.2) is 0 Å². The van der Waals surface area contributed by atoms with Crippen molar-refractivity contribution in [3.63, 3.8) is 0 Å². The Morgan fingerprint density at radius 1 is 1.30 bits per heavy atom. The monoisotopic (exact) mass is 305 g/mol. The standard InChI is InChI=1S/C14H27N3O2.ClH/c1-3-16(4-2)14(18)13-11-17(9-10-19-13)12-5-7-15-8-6-12;/h12-13,15H,3-11H2,1-2H3;1H. The molecule has 1 atom stereocenters. The predicted molar refractivity (Wildman–Crippen MR) is 82.4 cm³/mol. The summed E-state index contributed by atoms with van der Waals surface area (Å²) in [5.74, 6) is 0.156. The van der Waals surface area contributed by atoms with E-state index >= 15 is 0 Å². The molecule has 5 nitrogen and oxygen atoms in total. The van der Waals surface area contributed by atoms with E-state index in [1.165, 1.54) is 12.8 Å². The molecule has 2 heterocycles. The second kappa shape index (κ2) is 8.82. The summed E-state index contributed by atoms with van der Waals surface area (Å²) in [6.07, 6.45) is 2.11. The summed E-state index contributed by atoms with van der Waals surface area (Å²) >= 11 is 0. The molecule has 0 spiro atoms. The second-order valence-electron chi connectivity index (χ2n) is 5.35. The Balaban J connectivity index is 0.00000200. The van der Waals surface area contributed by atoms with Crippen LogP contribution in [0, 0.1) is 0 Å². The third-order valence-corrected chi connectivity index (χ3v) is 4.27. The zero-order valence-electron chi connectivity index (χ0n) is 12.6. The quantitative estimate of drug-likeness (QED) is 0.832. The fourth-order valence-corrected chi connectivity index (χ4v) is 3.06. The summed E-state index contributed by atoms with van der Waals surface area (Å²) in [4.78, 5) is 16.7. The molecule has 1 N–H and O–H groups in total. The van der Waals surface area contributed by atoms with Crippen molar-refractivity contribution in [2.75, 3.05) is 45.9 Å². The van der Waals surface area contributed by atoms with Crippen LogP contribution < -0.4 is 5.32 Å². The molecule has 20 heavy (non-hydrogen) atoms. The van der Waals surface area contributed by atoms with Crippen LogP contribution in [0.3, 0.4) is 0 Å². The zero-order chi connectivity index (χ0) is 13.7. The van der Waals surface area contributed by atoms with Crippen molar-refractivity contribution in [2.24, 2.45) is 0 Å². The van der Waals surface area contributed by atoms with Crippen LogP contribution in [0.15, 0.2) is 0 Å². The van der Waals surface area contributed by atoms with Gasteiger partial charge in [-0.2, -0.15) is 0 Å². The van der Waals surface area contributed by atoms with Crippen LogP contribution >= 0.6 is 12.4 Å². The molecular formula is C14H28ClN3O2. The molecule has 1 unspecified atom stereocenters. The molecule has 0 aliphatic carbocycles. The highest BCUT2D eigenvalue weighted by Crippen LogP contribution is 2.17. The van der Waals surface area contributed by atoms with E-state index in [1.54, 1.807) is 0 Å². The molecule has 0 aromatic heterocycles. The molecule has 1 amide bonds. The molecule has 6 heteroatoms. The number of hydrogen-bond donors (Lipinski definition) is 1. The van der Waals surface area contributed by atoms with Crippen molar-refractivity contribution in [1.82, 2.24) is 15.1 Å². The number of hydrogen-bond acceptors (Lipinski definition) is 4. The van der Waals surface area contributed by atoms with Gasteiger partial charge < -0.3 is 15.0 Å². The van der Waals surface area contributed by atoms with Crippen molar-refractivity contribution in [1.29, 1.82) is 0 Å². The van der Waals surface area contributed by atoms with Crippen LogP contribution in [0.4, 0.5) is 0 Å². The third kappa shape index (κ3) is 4.32. The van der Waals surface area contributed by atoms with Gasteiger partial charge in [-0.1, -0.05) is 0 Å². The number of rotatable bonds is 4. The summed E-state index contributed by atoms with van der Waals surface area (Å²) < 4.78 is 5.70. The van der Waals surface area contributed by atoms with Crippen molar-refractivity contribution >= 4 is 18.3 Å². The topological polar surface area (TPSA) is 44.8 Å². The van der Waals surface area contributed by atoms with Crippen molar-refractivity contribution < 1.29 is 9.53 Å². The van der Waals surface area contributed by atoms with Crippen molar-refractivity contribution in [2.45, 2.75) is 38.8 Å². The number of piperidine rings is 1. The van der Waals surface area contributed by atoms with Crippen LogP contribution in [0.2, 0.25) is 0 Å². The summed E-state index contributed by atoms with van der Waals surface area (Å²) in [5, 5.41) is 3.39. The number of likely N-dealkylation sites (N-methyl/N-ethyl adjacent to an activating group) is 1. The predicted octanol–water partition coefficient (Wildman–Crippen LogP) is 0.729. The number of ether oxygens (including phenoxy) is 1. The lowest BCUT2D eigenvalue weighted by molar-refractivity contribution is -0.150. The summed E-state index contributed by atoms with van der Waals surface area (Å²) in [5.41, 5.74) is 0. The highest BCUT2D eigenvalue weighted by atomic mass is 35.5. The minimum absolute atomic E-state index is 0. The van der Waals surface area contributed by atoms with E-state index in [1.807, 2.05) is 18.7 Å². The van der Waals surface area contributed by atoms with Crippen LogP contribution in [-0.2, 0) is 9.53 Å². The van der Waals surface area contributed by atoms with E-state index in [4.69, 9.17) is 4.74 Å². The van der Waals surface area contributed by atoms with Crippen LogP contribution in [0.5, 0.6) is 0 Å². The SMILES string of the molecule is CCN(CC)C(=O)C1CN(C2CCNCC2)CCO1.Cl. The van der Waals surface area contributed by atoms with Crippen LogP contribution in [0.1, 0.15) is 26.7 Å². The van der Waals surface area contributed by atoms with Gasteiger partial charge in [0.25, 0.3) is 5.91 Å². The molecule has 2 fully saturated rings. The Kier molecular flexibility index (Phi) is 7.80. The molecule has 0 bridgehead atoms. The van der Waals surface area contributed by atoms with E-state index in [2.05, 4.69) is 10.2 Å². The van der Waals surface area contributed by atoms with E-state index in [0.29, 0.717) is 12.6 Å². The average Bonchev–Trinajstić information content (AvgIpc) is 2.49. The Labute approximate surface area is 128 Å². The maximum atomic E-state index is 12.4. The molecule has 0 aromatic rings. The normalized spacial score (nSPS) is 25.0. The van der Waals surface area contributed by atoms with Gasteiger partial charge in [0, 0.05) is 32.2 Å². The zero-order valence-corrected chi connectivity index (χ0v) is 13.5. The van der Waals surface area contributed by atoms with E-state index in [-0.39, 0.29) is 24.4 Å². The van der Waals surface area contributed by atoms with E-state index in [0.717, 1.165) is 39.3 Å². The molecule has 118 valence electrons. The molecule has 2 rings (SSSR count). The summed E-state index contributed by atoms with van der Waals surface area (Å²) in [7, 11) is 0. The van der Waals surface area contributed by atoms with Gasteiger partial charge >= 0.3 is 0 Å². The Morgan fingerprint density at radius 3 is 2.55 bits per heavy atom. The Morgan fingerprint density at radius 2 is 1.95 bits per heavy atom. The van der Waals surface area contributed by atoms with Gasteiger partial charge in [-0.15, -0.1) is 12.4 Å². The number of halogens is 1. The lowest BCUT2D eigenvalue weighted by Gasteiger charge is -2.40. The van der Waals surface area contributed by atoms with Gasteiger partial charge in [0.1, 0.15) is 6.10 Å². The van der Waals surface area contributed by atoms with Gasteiger partial charge in [-0.3, -0.25) is 9.69 Å². The van der Waals surface area contributed by atoms with E-state index < -0.39 is 0 Å². The maximum absolute atomic E-state index is 12.4. The molecule has 2 saturated heterocycles. The first-order chi connectivity index (χ1) is 9.26. The Bertz CT molecular complexity index is 294. The Hall–Kier alpha value is -0.360. The number of nitrogens with zero attached hydrogens (tertiary/aromatic N) is 2. The number of amides is 1. The highest BCUT2D eigenvalue weighted by molar-refractivity contribution is 5.85. The molecule has 0 saturated carbocycles. The van der Waals surface area contributed by atoms with Crippen LogP contribution in [0.25, 0.3) is 0 Å². The van der Waals surface area contributed by atoms with Gasteiger partial charge in [-0.25, -0.2) is 0 Å². The molecule has 0 aromatic carbocycles.